The highest BCUT2D eigenvalue weighted by Gasteiger charge is 2.40. The Morgan fingerprint density at radius 3 is 2.09 bits per heavy atom. The standard InChI is InChI=1S/C25H21ClN2O5/c1-31-19-12-10-16(26)14-18(19)27-23-22(15-9-11-20(32-2)21(13-15)33-3)24(29)28(25(23)30)17-7-5-4-6-8-17/h4-14,27H,1-3H3. The smallest absolute Gasteiger partial charge is 0.282 e. The molecule has 8 heteroatoms. The number of amides is 2. The number of hydrogen-bond donors (Lipinski definition) is 1. The van der Waals surface area contributed by atoms with Crippen LogP contribution in [0.5, 0.6) is 17.2 Å². The molecule has 1 aliphatic heterocycles. The van der Waals surface area contributed by atoms with Crippen LogP contribution in [0.2, 0.25) is 5.02 Å². The summed E-state index contributed by atoms with van der Waals surface area (Å²) in [4.78, 5) is 28.2. The van der Waals surface area contributed by atoms with Gasteiger partial charge in [0.05, 0.1) is 38.3 Å². The number of anilines is 2. The second kappa shape index (κ2) is 9.26. The molecule has 0 spiro atoms. The van der Waals surface area contributed by atoms with Crippen LogP contribution in [0.15, 0.2) is 72.4 Å². The SMILES string of the molecule is COc1ccc(Cl)cc1NC1=C(c2ccc(OC)c(OC)c2)C(=O)N(c2ccccc2)C1=O. The highest BCUT2D eigenvalue weighted by atomic mass is 35.5. The van der Waals surface area contributed by atoms with E-state index in [1.165, 1.54) is 21.3 Å². The van der Waals surface area contributed by atoms with Gasteiger partial charge in [0.2, 0.25) is 0 Å². The summed E-state index contributed by atoms with van der Waals surface area (Å²) in [5, 5.41) is 3.53. The lowest BCUT2D eigenvalue weighted by molar-refractivity contribution is -0.120. The lowest BCUT2D eigenvalue weighted by atomic mass is 10.0. The second-order valence-corrected chi connectivity index (χ2v) is 7.51. The first kappa shape index (κ1) is 22.2. The fourth-order valence-electron chi connectivity index (χ4n) is 3.63. The molecule has 1 heterocycles. The predicted molar refractivity (Wildman–Crippen MR) is 127 cm³/mol. The minimum absolute atomic E-state index is 0.0941. The second-order valence-electron chi connectivity index (χ2n) is 7.07. The normalized spacial score (nSPS) is 13.4. The van der Waals surface area contributed by atoms with Crippen LogP contribution in [0.4, 0.5) is 11.4 Å². The Morgan fingerprint density at radius 1 is 0.758 bits per heavy atom. The molecule has 1 N–H and O–H groups in total. The van der Waals surface area contributed by atoms with E-state index in [-0.39, 0.29) is 11.3 Å². The topological polar surface area (TPSA) is 77.1 Å². The van der Waals surface area contributed by atoms with Gasteiger partial charge < -0.3 is 19.5 Å². The average Bonchev–Trinajstić information content (AvgIpc) is 3.08. The fraction of sp³-hybridized carbons (Fsp3) is 0.120. The minimum Gasteiger partial charge on any atom is -0.495 e. The van der Waals surface area contributed by atoms with Crippen LogP contribution in [0.3, 0.4) is 0 Å². The summed E-state index contributed by atoms with van der Waals surface area (Å²) in [5.74, 6) is 0.432. The van der Waals surface area contributed by atoms with E-state index in [0.717, 1.165) is 4.90 Å². The van der Waals surface area contributed by atoms with Gasteiger partial charge in [-0.1, -0.05) is 35.9 Å². The summed E-state index contributed by atoms with van der Waals surface area (Å²) < 4.78 is 16.1. The third-order valence-corrected chi connectivity index (χ3v) is 5.43. The molecular weight excluding hydrogens is 444 g/mol. The van der Waals surface area contributed by atoms with Gasteiger partial charge in [0.1, 0.15) is 11.4 Å². The van der Waals surface area contributed by atoms with E-state index in [1.54, 1.807) is 60.7 Å². The number of halogens is 1. The minimum atomic E-state index is -0.502. The quantitative estimate of drug-likeness (QED) is 0.508. The molecule has 3 aromatic carbocycles. The summed E-state index contributed by atoms with van der Waals surface area (Å²) >= 11 is 6.17. The van der Waals surface area contributed by atoms with Gasteiger partial charge in [-0.25, -0.2) is 4.90 Å². The van der Waals surface area contributed by atoms with Gasteiger partial charge in [-0.3, -0.25) is 9.59 Å². The Hall–Kier alpha value is -3.97. The maximum Gasteiger partial charge on any atom is 0.282 e. The fourth-order valence-corrected chi connectivity index (χ4v) is 3.80. The number of nitrogens with one attached hydrogen (secondary N) is 1. The number of hydrogen-bond acceptors (Lipinski definition) is 6. The van der Waals surface area contributed by atoms with Gasteiger partial charge in [0.15, 0.2) is 11.5 Å². The molecular formula is C25H21ClN2O5. The van der Waals surface area contributed by atoms with Gasteiger partial charge in [-0.05, 0) is 48.0 Å². The van der Waals surface area contributed by atoms with Gasteiger partial charge in [0.25, 0.3) is 11.8 Å². The molecule has 2 amide bonds. The van der Waals surface area contributed by atoms with Crippen molar-refractivity contribution in [3.63, 3.8) is 0 Å². The molecule has 0 unspecified atom stereocenters. The Balaban J connectivity index is 1.88. The van der Waals surface area contributed by atoms with Crippen molar-refractivity contribution in [1.29, 1.82) is 0 Å². The van der Waals surface area contributed by atoms with Crippen molar-refractivity contribution < 1.29 is 23.8 Å². The molecule has 0 atom stereocenters. The molecule has 0 aliphatic carbocycles. The number of imide groups is 1. The van der Waals surface area contributed by atoms with E-state index in [0.29, 0.717) is 39.2 Å². The number of carbonyl (C=O) groups excluding carboxylic acids is 2. The molecule has 0 saturated carbocycles. The van der Waals surface area contributed by atoms with Gasteiger partial charge in [0, 0.05) is 5.02 Å². The molecule has 33 heavy (non-hydrogen) atoms. The largest absolute Gasteiger partial charge is 0.495 e. The molecule has 1 aliphatic rings. The summed E-state index contributed by atoms with van der Waals surface area (Å²) in [5.41, 5.74) is 1.69. The van der Waals surface area contributed by atoms with Crippen LogP contribution in [0.1, 0.15) is 5.56 Å². The van der Waals surface area contributed by atoms with Crippen molar-refractivity contribution in [2.24, 2.45) is 0 Å². The zero-order chi connectivity index (χ0) is 23.5. The van der Waals surface area contributed by atoms with Crippen molar-refractivity contribution in [2.45, 2.75) is 0 Å². The summed E-state index contributed by atoms with van der Waals surface area (Å²) in [7, 11) is 4.54. The lowest BCUT2D eigenvalue weighted by Crippen LogP contribution is -2.32. The highest BCUT2D eigenvalue weighted by Crippen LogP contribution is 2.38. The predicted octanol–water partition coefficient (Wildman–Crippen LogP) is 4.76. The van der Waals surface area contributed by atoms with E-state index in [2.05, 4.69) is 5.32 Å². The van der Waals surface area contributed by atoms with Crippen molar-refractivity contribution in [3.8, 4) is 17.2 Å². The zero-order valence-corrected chi connectivity index (χ0v) is 19.0. The van der Waals surface area contributed by atoms with Crippen molar-refractivity contribution in [1.82, 2.24) is 0 Å². The Labute approximate surface area is 196 Å². The lowest BCUT2D eigenvalue weighted by Gasteiger charge is -2.16. The number of carbonyl (C=O) groups is 2. The van der Waals surface area contributed by atoms with Crippen molar-refractivity contribution in [3.05, 3.63) is 83.0 Å². The Bertz CT molecular complexity index is 1260. The van der Waals surface area contributed by atoms with Crippen LogP contribution >= 0.6 is 11.6 Å². The van der Waals surface area contributed by atoms with E-state index in [4.69, 9.17) is 25.8 Å². The first-order valence-corrected chi connectivity index (χ1v) is 10.4. The number of nitrogens with zero attached hydrogens (tertiary/aromatic N) is 1. The average molecular weight is 465 g/mol. The summed E-state index contributed by atoms with van der Waals surface area (Å²) in [6.45, 7) is 0. The third-order valence-electron chi connectivity index (χ3n) is 5.19. The number of methoxy groups -OCH3 is 3. The number of rotatable bonds is 7. The summed E-state index contributed by atoms with van der Waals surface area (Å²) in [6.07, 6.45) is 0. The molecule has 3 aromatic rings. The maximum atomic E-state index is 13.6. The first-order chi connectivity index (χ1) is 16.0. The number of para-hydroxylation sites is 1. The van der Waals surface area contributed by atoms with E-state index in [9.17, 15) is 9.59 Å². The molecule has 0 saturated heterocycles. The zero-order valence-electron chi connectivity index (χ0n) is 18.2. The molecule has 168 valence electrons. The third kappa shape index (κ3) is 4.10. The molecule has 0 aromatic heterocycles. The Morgan fingerprint density at radius 2 is 1.42 bits per heavy atom. The molecule has 7 nitrogen and oxygen atoms in total. The van der Waals surface area contributed by atoms with Crippen LogP contribution < -0.4 is 24.4 Å². The molecule has 0 radical (unpaired) electrons. The van der Waals surface area contributed by atoms with Crippen molar-refractivity contribution in [2.75, 3.05) is 31.5 Å². The molecule has 0 fully saturated rings. The monoisotopic (exact) mass is 464 g/mol. The number of ether oxygens (including phenoxy) is 3. The van der Waals surface area contributed by atoms with Crippen molar-refractivity contribution >= 4 is 40.4 Å². The van der Waals surface area contributed by atoms with E-state index in [1.807, 2.05) is 6.07 Å². The first-order valence-electron chi connectivity index (χ1n) is 9.99. The maximum absolute atomic E-state index is 13.6. The van der Waals surface area contributed by atoms with Gasteiger partial charge in [-0.2, -0.15) is 0 Å². The highest BCUT2D eigenvalue weighted by molar-refractivity contribution is 6.46. The van der Waals surface area contributed by atoms with Gasteiger partial charge >= 0.3 is 0 Å². The van der Waals surface area contributed by atoms with Crippen LogP contribution in [-0.4, -0.2) is 33.1 Å². The van der Waals surface area contributed by atoms with E-state index < -0.39 is 11.8 Å². The molecule has 4 rings (SSSR count). The van der Waals surface area contributed by atoms with Crippen LogP contribution in [0.25, 0.3) is 5.57 Å². The van der Waals surface area contributed by atoms with Crippen LogP contribution in [-0.2, 0) is 9.59 Å². The molecule has 0 bridgehead atoms. The Kier molecular flexibility index (Phi) is 6.24. The number of benzene rings is 3. The van der Waals surface area contributed by atoms with Gasteiger partial charge in [-0.15, -0.1) is 0 Å². The summed E-state index contributed by atoms with van der Waals surface area (Å²) in [6, 6.07) is 18.8. The van der Waals surface area contributed by atoms with E-state index >= 15 is 0 Å². The van der Waals surface area contributed by atoms with Crippen LogP contribution in [0, 0.1) is 0 Å².